The zero-order valence-electron chi connectivity index (χ0n) is 16.7. The van der Waals surface area contributed by atoms with Gasteiger partial charge in [-0.1, -0.05) is 36.4 Å². The SMILES string of the molecule is Cc1nn(-c2ccccc2)c(C)c1C(=O)N1CCN(C(=O)c2ccccc2)CC1. The summed E-state index contributed by atoms with van der Waals surface area (Å²) < 4.78 is 1.82. The Morgan fingerprint density at radius 2 is 1.28 bits per heavy atom. The van der Waals surface area contributed by atoms with Gasteiger partial charge in [-0.15, -0.1) is 0 Å². The summed E-state index contributed by atoms with van der Waals surface area (Å²) in [6.07, 6.45) is 0. The standard InChI is InChI=1S/C23H24N4O2/c1-17-21(18(2)27(24-17)20-11-7-4-8-12-20)23(29)26-15-13-25(14-16-26)22(28)19-9-5-3-6-10-19/h3-12H,13-16H2,1-2H3. The number of carbonyl (C=O) groups excluding carboxylic acids is 2. The van der Waals surface area contributed by atoms with Crippen LogP contribution >= 0.6 is 0 Å². The number of para-hydroxylation sites is 1. The highest BCUT2D eigenvalue weighted by molar-refractivity contribution is 5.97. The molecule has 0 radical (unpaired) electrons. The van der Waals surface area contributed by atoms with Crippen LogP contribution in [0.25, 0.3) is 5.69 Å². The zero-order chi connectivity index (χ0) is 20.4. The molecule has 4 rings (SSSR count). The van der Waals surface area contributed by atoms with E-state index in [4.69, 9.17) is 0 Å². The fourth-order valence-corrected chi connectivity index (χ4v) is 3.81. The lowest BCUT2D eigenvalue weighted by Crippen LogP contribution is -2.50. The van der Waals surface area contributed by atoms with Crippen molar-refractivity contribution in [1.82, 2.24) is 19.6 Å². The van der Waals surface area contributed by atoms with E-state index in [0.717, 1.165) is 17.1 Å². The van der Waals surface area contributed by atoms with Crippen molar-refractivity contribution in [2.75, 3.05) is 26.2 Å². The summed E-state index contributed by atoms with van der Waals surface area (Å²) in [7, 11) is 0. The van der Waals surface area contributed by atoms with Crippen LogP contribution in [0.4, 0.5) is 0 Å². The number of piperazine rings is 1. The number of hydrogen-bond acceptors (Lipinski definition) is 3. The maximum atomic E-state index is 13.2. The van der Waals surface area contributed by atoms with Gasteiger partial charge in [-0.05, 0) is 38.1 Å². The van der Waals surface area contributed by atoms with E-state index in [9.17, 15) is 9.59 Å². The topological polar surface area (TPSA) is 58.4 Å². The number of nitrogens with zero attached hydrogens (tertiary/aromatic N) is 4. The van der Waals surface area contributed by atoms with E-state index in [2.05, 4.69) is 5.10 Å². The molecule has 2 heterocycles. The number of amides is 2. The number of carbonyl (C=O) groups is 2. The Kier molecular flexibility index (Phi) is 5.16. The van der Waals surface area contributed by atoms with Crippen LogP contribution in [0.1, 0.15) is 32.1 Å². The van der Waals surface area contributed by atoms with E-state index in [1.54, 1.807) is 0 Å². The summed E-state index contributed by atoms with van der Waals surface area (Å²) in [4.78, 5) is 29.5. The first-order valence-electron chi connectivity index (χ1n) is 9.81. The predicted molar refractivity (Wildman–Crippen MR) is 111 cm³/mol. The molecule has 148 valence electrons. The van der Waals surface area contributed by atoms with Gasteiger partial charge in [-0.3, -0.25) is 9.59 Å². The highest BCUT2D eigenvalue weighted by Crippen LogP contribution is 2.20. The molecule has 0 unspecified atom stereocenters. The lowest BCUT2D eigenvalue weighted by atomic mass is 10.1. The van der Waals surface area contributed by atoms with E-state index in [0.29, 0.717) is 37.3 Å². The molecule has 1 fully saturated rings. The molecule has 0 aliphatic carbocycles. The van der Waals surface area contributed by atoms with Gasteiger partial charge < -0.3 is 9.80 Å². The van der Waals surface area contributed by atoms with E-state index < -0.39 is 0 Å². The molecule has 29 heavy (non-hydrogen) atoms. The molecule has 3 aromatic rings. The largest absolute Gasteiger partial charge is 0.335 e. The highest BCUT2D eigenvalue weighted by atomic mass is 16.2. The van der Waals surface area contributed by atoms with Gasteiger partial charge in [0.2, 0.25) is 0 Å². The molecule has 0 atom stereocenters. The highest BCUT2D eigenvalue weighted by Gasteiger charge is 2.29. The summed E-state index contributed by atoms with van der Waals surface area (Å²) in [6, 6.07) is 19.1. The van der Waals surface area contributed by atoms with Crippen molar-refractivity contribution in [3.05, 3.63) is 83.2 Å². The third-order valence-corrected chi connectivity index (χ3v) is 5.38. The first kappa shape index (κ1) is 18.9. The van der Waals surface area contributed by atoms with Gasteiger partial charge in [0.05, 0.1) is 22.6 Å². The average Bonchev–Trinajstić information content (AvgIpc) is 3.08. The second-order valence-corrected chi connectivity index (χ2v) is 7.24. The number of rotatable bonds is 3. The van der Waals surface area contributed by atoms with Gasteiger partial charge in [-0.2, -0.15) is 5.10 Å². The van der Waals surface area contributed by atoms with E-state index >= 15 is 0 Å². The summed E-state index contributed by atoms with van der Waals surface area (Å²) >= 11 is 0. The fraction of sp³-hybridized carbons (Fsp3) is 0.261. The molecule has 1 saturated heterocycles. The van der Waals surface area contributed by atoms with Gasteiger partial charge in [-0.25, -0.2) is 4.68 Å². The number of benzene rings is 2. The third kappa shape index (κ3) is 3.66. The summed E-state index contributed by atoms with van der Waals surface area (Å²) in [5, 5.41) is 4.58. The Bertz CT molecular complexity index is 1020. The minimum absolute atomic E-state index is 0.0157. The van der Waals surface area contributed by atoms with E-state index in [1.807, 2.05) is 89.0 Å². The number of aromatic nitrogens is 2. The van der Waals surface area contributed by atoms with Gasteiger partial charge >= 0.3 is 0 Å². The van der Waals surface area contributed by atoms with Crippen molar-refractivity contribution < 1.29 is 9.59 Å². The maximum absolute atomic E-state index is 13.2. The maximum Gasteiger partial charge on any atom is 0.257 e. The first-order valence-corrected chi connectivity index (χ1v) is 9.81. The molecule has 6 nitrogen and oxygen atoms in total. The fourth-order valence-electron chi connectivity index (χ4n) is 3.81. The third-order valence-electron chi connectivity index (χ3n) is 5.38. The second kappa shape index (κ2) is 7.91. The van der Waals surface area contributed by atoms with Crippen LogP contribution in [0.15, 0.2) is 60.7 Å². The van der Waals surface area contributed by atoms with Gasteiger partial charge in [0.15, 0.2) is 0 Å². The van der Waals surface area contributed by atoms with Crippen LogP contribution in [0, 0.1) is 13.8 Å². The van der Waals surface area contributed by atoms with Crippen molar-refractivity contribution >= 4 is 11.8 Å². The Hall–Kier alpha value is -3.41. The Balaban J connectivity index is 1.48. The predicted octanol–water partition coefficient (Wildman–Crippen LogP) is 3.09. The van der Waals surface area contributed by atoms with Gasteiger partial charge in [0, 0.05) is 31.7 Å². The van der Waals surface area contributed by atoms with Crippen molar-refractivity contribution in [3.63, 3.8) is 0 Å². The van der Waals surface area contributed by atoms with Crippen LogP contribution in [0.5, 0.6) is 0 Å². The quantitative estimate of drug-likeness (QED) is 0.693. The molecular weight excluding hydrogens is 364 g/mol. The van der Waals surface area contributed by atoms with Crippen LogP contribution in [-0.2, 0) is 0 Å². The lowest BCUT2D eigenvalue weighted by molar-refractivity contribution is 0.0534. The normalized spacial score (nSPS) is 14.1. The van der Waals surface area contributed by atoms with Crippen LogP contribution in [0.3, 0.4) is 0 Å². The van der Waals surface area contributed by atoms with Crippen LogP contribution in [-0.4, -0.2) is 57.6 Å². The minimum Gasteiger partial charge on any atom is -0.335 e. The minimum atomic E-state index is -0.0195. The molecule has 1 aromatic heterocycles. The molecule has 0 N–H and O–H groups in total. The Labute approximate surface area is 170 Å². The first-order chi connectivity index (χ1) is 14.1. The molecule has 1 aliphatic rings. The van der Waals surface area contributed by atoms with Crippen LogP contribution in [0.2, 0.25) is 0 Å². The average molecular weight is 388 g/mol. The number of hydrogen-bond donors (Lipinski definition) is 0. The molecular formula is C23H24N4O2. The van der Waals surface area contributed by atoms with Crippen molar-refractivity contribution in [1.29, 1.82) is 0 Å². The second-order valence-electron chi connectivity index (χ2n) is 7.24. The molecule has 0 bridgehead atoms. The molecule has 0 saturated carbocycles. The summed E-state index contributed by atoms with van der Waals surface area (Å²) in [5.41, 5.74) is 3.82. The van der Waals surface area contributed by atoms with Crippen LogP contribution < -0.4 is 0 Å². The summed E-state index contributed by atoms with van der Waals surface area (Å²) in [5.74, 6) is -0.00375. The Morgan fingerprint density at radius 3 is 1.86 bits per heavy atom. The smallest absolute Gasteiger partial charge is 0.257 e. The lowest BCUT2D eigenvalue weighted by Gasteiger charge is -2.35. The molecule has 2 aromatic carbocycles. The van der Waals surface area contributed by atoms with E-state index in [1.165, 1.54) is 0 Å². The monoisotopic (exact) mass is 388 g/mol. The Morgan fingerprint density at radius 1 is 0.759 bits per heavy atom. The molecule has 2 amide bonds. The van der Waals surface area contributed by atoms with Crippen molar-refractivity contribution in [2.45, 2.75) is 13.8 Å². The van der Waals surface area contributed by atoms with Gasteiger partial charge in [0.25, 0.3) is 11.8 Å². The number of aryl methyl sites for hydroxylation is 1. The summed E-state index contributed by atoms with van der Waals surface area (Å²) in [6.45, 7) is 5.90. The zero-order valence-corrected chi connectivity index (χ0v) is 16.7. The van der Waals surface area contributed by atoms with E-state index in [-0.39, 0.29) is 11.8 Å². The molecule has 1 aliphatic heterocycles. The van der Waals surface area contributed by atoms with Gasteiger partial charge in [0.1, 0.15) is 0 Å². The van der Waals surface area contributed by atoms with Crippen molar-refractivity contribution in [2.24, 2.45) is 0 Å². The molecule has 0 spiro atoms. The molecule has 6 heteroatoms. The van der Waals surface area contributed by atoms with Crippen molar-refractivity contribution in [3.8, 4) is 5.69 Å².